The molecule has 31 heavy (non-hydrogen) atoms. The number of ether oxygens (including phenoxy) is 4. The molecule has 0 amide bonds. The van der Waals surface area contributed by atoms with Crippen LogP contribution >= 0.6 is 0 Å². The van der Waals surface area contributed by atoms with Gasteiger partial charge in [-0.2, -0.15) is 0 Å². The topological polar surface area (TPSA) is 105 Å². The van der Waals surface area contributed by atoms with Crippen molar-refractivity contribution in [3.05, 3.63) is 35.4 Å². The Kier molecular flexibility index (Phi) is 15.3. The fourth-order valence-electron chi connectivity index (χ4n) is 2.17. The first-order chi connectivity index (χ1) is 14.8. The van der Waals surface area contributed by atoms with Gasteiger partial charge >= 0.3 is 23.9 Å². The van der Waals surface area contributed by atoms with Crippen LogP contribution in [0.5, 0.6) is 0 Å². The van der Waals surface area contributed by atoms with Crippen LogP contribution in [0.3, 0.4) is 0 Å². The van der Waals surface area contributed by atoms with Crippen molar-refractivity contribution in [2.45, 2.75) is 66.4 Å². The number of unbranched alkanes of at least 4 members (excludes halogenated alkanes) is 1. The fraction of sp³-hybridized carbons (Fsp3) is 0.565. The van der Waals surface area contributed by atoms with Gasteiger partial charge in [-0.15, -0.1) is 0 Å². The third-order valence-corrected chi connectivity index (χ3v) is 3.58. The van der Waals surface area contributed by atoms with E-state index in [1.807, 2.05) is 6.92 Å². The highest BCUT2D eigenvalue weighted by Crippen LogP contribution is 2.13. The summed E-state index contributed by atoms with van der Waals surface area (Å²) in [5.41, 5.74) is 0.502. The van der Waals surface area contributed by atoms with Crippen LogP contribution in [0.4, 0.5) is 0 Å². The van der Waals surface area contributed by atoms with E-state index in [0.29, 0.717) is 19.8 Å². The van der Waals surface area contributed by atoms with E-state index in [4.69, 9.17) is 9.47 Å². The highest BCUT2D eigenvalue weighted by molar-refractivity contribution is 6.03. The van der Waals surface area contributed by atoms with Crippen molar-refractivity contribution in [2.24, 2.45) is 0 Å². The predicted octanol–water partition coefficient (Wildman–Crippen LogP) is 4.10. The maximum atomic E-state index is 11.9. The minimum atomic E-state index is -0.502. The molecule has 0 saturated heterocycles. The van der Waals surface area contributed by atoms with Gasteiger partial charge in [-0.1, -0.05) is 25.5 Å². The van der Waals surface area contributed by atoms with Crippen LogP contribution in [0.2, 0.25) is 0 Å². The molecule has 1 aromatic rings. The van der Waals surface area contributed by atoms with Gasteiger partial charge in [0, 0.05) is 0 Å². The Morgan fingerprint density at radius 2 is 1.26 bits per heavy atom. The van der Waals surface area contributed by atoms with Crippen LogP contribution in [-0.4, -0.2) is 49.8 Å². The van der Waals surface area contributed by atoms with Crippen molar-refractivity contribution in [3.63, 3.8) is 0 Å². The maximum absolute atomic E-state index is 11.9. The Balaban J connectivity index is 0.000000649. The molecule has 0 unspecified atom stereocenters. The molecule has 0 aliphatic rings. The van der Waals surface area contributed by atoms with Crippen molar-refractivity contribution in [1.29, 1.82) is 0 Å². The lowest BCUT2D eigenvalue weighted by molar-refractivity contribution is -0.149. The van der Waals surface area contributed by atoms with Gasteiger partial charge in [-0.25, -0.2) is 9.59 Å². The van der Waals surface area contributed by atoms with Gasteiger partial charge < -0.3 is 18.9 Å². The normalized spacial score (nSPS) is 9.87. The molecule has 0 fully saturated rings. The minimum Gasteiger partial charge on any atom is -0.466 e. The monoisotopic (exact) mass is 438 g/mol. The quantitative estimate of drug-likeness (QED) is 0.289. The number of carbonyl (C=O) groups excluding carboxylic acids is 4. The van der Waals surface area contributed by atoms with Crippen LogP contribution in [0.15, 0.2) is 24.3 Å². The van der Waals surface area contributed by atoms with Gasteiger partial charge in [0.1, 0.15) is 0 Å². The Bertz CT molecular complexity index is 679. The van der Waals surface area contributed by atoms with E-state index in [9.17, 15) is 19.2 Å². The van der Waals surface area contributed by atoms with Crippen molar-refractivity contribution in [1.82, 2.24) is 0 Å². The highest BCUT2D eigenvalue weighted by Gasteiger charge is 2.19. The third kappa shape index (κ3) is 13.1. The van der Waals surface area contributed by atoms with Crippen LogP contribution in [0, 0.1) is 0 Å². The SMILES string of the molecule is CCCCOC(=O)c1ccccc1C(=O)OC(C)C.CCOC(=O)CCC(=O)OCC. The summed E-state index contributed by atoms with van der Waals surface area (Å²) < 4.78 is 19.5. The highest BCUT2D eigenvalue weighted by atomic mass is 16.5. The van der Waals surface area contributed by atoms with Crippen molar-refractivity contribution in [2.75, 3.05) is 19.8 Å². The lowest BCUT2D eigenvalue weighted by Gasteiger charge is -2.11. The maximum Gasteiger partial charge on any atom is 0.339 e. The van der Waals surface area contributed by atoms with Gasteiger partial charge in [-0.3, -0.25) is 9.59 Å². The van der Waals surface area contributed by atoms with E-state index < -0.39 is 11.9 Å². The number of rotatable bonds is 11. The van der Waals surface area contributed by atoms with Gasteiger partial charge in [0.25, 0.3) is 0 Å². The summed E-state index contributed by atoms with van der Waals surface area (Å²) in [6.07, 6.45) is 1.74. The average molecular weight is 439 g/mol. The van der Waals surface area contributed by atoms with Crippen molar-refractivity contribution < 1.29 is 38.1 Å². The van der Waals surface area contributed by atoms with Crippen molar-refractivity contribution >= 4 is 23.9 Å². The first kappa shape index (κ1) is 28.1. The Labute approximate surface area is 184 Å². The summed E-state index contributed by atoms with van der Waals surface area (Å²) in [7, 11) is 0. The first-order valence-electron chi connectivity index (χ1n) is 10.5. The predicted molar refractivity (Wildman–Crippen MR) is 115 cm³/mol. The smallest absolute Gasteiger partial charge is 0.339 e. The van der Waals surface area contributed by atoms with E-state index in [-0.39, 0.29) is 42.0 Å². The van der Waals surface area contributed by atoms with E-state index in [1.165, 1.54) is 0 Å². The second kappa shape index (κ2) is 16.8. The largest absolute Gasteiger partial charge is 0.466 e. The third-order valence-electron chi connectivity index (χ3n) is 3.58. The summed E-state index contributed by atoms with van der Waals surface area (Å²) in [4.78, 5) is 45.2. The molecule has 0 spiro atoms. The molecule has 0 aliphatic carbocycles. The number of esters is 4. The molecule has 0 saturated carbocycles. The molecule has 0 atom stereocenters. The summed E-state index contributed by atoms with van der Waals surface area (Å²) in [6, 6.07) is 6.54. The van der Waals surface area contributed by atoms with Crippen LogP contribution in [0.1, 0.15) is 81.0 Å². The average Bonchev–Trinajstić information content (AvgIpc) is 2.73. The van der Waals surface area contributed by atoms with E-state index >= 15 is 0 Å². The molecule has 8 nitrogen and oxygen atoms in total. The molecule has 0 heterocycles. The Morgan fingerprint density at radius 1 is 0.774 bits per heavy atom. The zero-order chi connectivity index (χ0) is 23.6. The Hall–Kier alpha value is -2.90. The summed E-state index contributed by atoms with van der Waals surface area (Å²) in [5, 5.41) is 0. The van der Waals surface area contributed by atoms with Crippen LogP contribution in [0.25, 0.3) is 0 Å². The minimum absolute atomic E-state index is 0.104. The molecule has 0 bridgehead atoms. The van der Waals surface area contributed by atoms with Gasteiger partial charge in [0.2, 0.25) is 0 Å². The molecular weight excluding hydrogens is 404 g/mol. The fourth-order valence-corrected chi connectivity index (χ4v) is 2.17. The molecule has 0 aliphatic heterocycles. The molecule has 1 rings (SSSR count). The summed E-state index contributed by atoms with van der Waals surface area (Å²) in [6.45, 7) is 10.1. The molecule has 0 N–H and O–H groups in total. The number of hydrogen-bond donors (Lipinski definition) is 0. The summed E-state index contributed by atoms with van der Waals surface area (Å²) in [5.74, 6) is -1.70. The molecule has 1 aromatic carbocycles. The second-order valence-electron chi connectivity index (χ2n) is 6.60. The number of hydrogen-bond acceptors (Lipinski definition) is 8. The van der Waals surface area contributed by atoms with E-state index in [0.717, 1.165) is 12.8 Å². The van der Waals surface area contributed by atoms with E-state index in [2.05, 4.69) is 9.47 Å². The molecule has 0 aromatic heterocycles. The number of benzene rings is 1. The number of carbonyl (C=O) groups is 4. The van der Waals surface area contributed by atoms with Crippen LogP contribution in [-0.2, 0) is 28.5 Å². The van der Waals surface area contributed by atoms with Crippen molar-refractivity contribution in [3.8, 4) is 0 Å². The van der Waals surface area contributed by atoms with Crippen LogP contribution < -0.4 is 0 Å². The zero-order valence-corrected chi connectivity index (χ0v) is 19.1. The molecule has 174 valence electrons. The van der Waals surface area contributed by atoms with Gasteiger partial charge in [-0.05, 0) is 46.2 Å². The van der Waals surface area contributed by atoms with Gasteiger partial charge in [0.05, 0.1) is 49.9 Å². The standard InChI is InChI=1S/C15H20O4.C8H14O4/c1-4-5-10-18-14(16)12-8-6-7-9-13(12)15(17)19-11(2)3;1-3-11-7(9)5-6-8(10)12-4-2/h6-9,11H,4-5,10H2,1-3H3;3-6H2,1-2H3. The molecule has 8 heteroatoms. The first-order valence-corrected chi connectivity index (χ1v) is 10.5. The zero-order valence-electron chi connectivity index (χ0n) is 19.1. The van der Waals surface area contributed by atoms with E-state index in [1.54, 1.807) is 52.0 Å². The second-order valence-corrected chi connectivity index (χ2v) is 6.60. The summed E-state index contributed by atoms with van der Waals surface area (Å²) >= 11 is 0. The lowest BCUT2D eigenvalue weighted by atomic mass is 10.1. The van der Waals surface area contributed by atoms with Gasteiger partial charge in [0.15, 0.2) is 0 Å². The lowest BCUT2D eigenvalue weighted by Crippen LogP contribution is -2.17. The Morgan fingerprint density at radius 3 is 1.68 bits per heavy atom. The molecular formula is C23H34O8. The molecule has 0 radical (unpaired) electrons.